The standard InChI is InChI=1S/C66H106/c1-65(2)37-35-47-57(39-45(41-59(47)65)33-31-43-19-7-5-8-20-43)61-49-23-11-15-27-53(49)63(54-28-16-12-24-50(54)61)64-55-29-17-13-25-51(55)62(52-26-14-18-30-56(52)64)58-40-46(34-32-44-21-9-6-10-22-44)42-60-48(58)36-38-66(60,3)4/h31-34,43-64H,5-30,35-42H2,1-4H3. The van der Waals surface area contributed by atoms with Crippen molar-refractivity contribution in [2.75, 3.05) is 0 Å². The number of fused-ring (bicyclic) bond motifs is 6. The summed E-state index contributed by atoms with van der Waals surface area (Å²) in [4.78, 5) is 0. The molecule has 12 fully saturated rings. The minimum absolute atomic E-state index is 0.554. The van der Waals surface area contributed by atoms with E-state index in [2.05, 4.69) is 52.0 Å². The van der Waals surface area contributed by atoms with Gasteiger partial charge in [0.1, 0.15) is 0 Å². The lowest BCUT2D eigenvalue weighted by Gasteiger charge is -2.66. The second-order valence-corrected chi connectivity index (χ2v) is 29.7. The van der Waals surface area contributed by atoms with Gasteiger partial charge in [0.2, 0.25) is 0 Å². The highest BCUT2D eigenvalue weighted by molar-refractivity contribution is 5.14. The highest BCUT2D eigenvalue weighted by Crippen LogP contribution is 2.71. The molecule has 0 amide bonds. The van der Waals surface area contributed by atoms with Gasteiger partial charge in [-0.15, -0.1) is 0 Å². The van der Waals surface area contributed by atoms with Crippen LogP contribution < -0.4 is 0 Å². The number of allylic oxidation sites excluding steroid dienone is 4. The zero-order valence-electron chi connectivity index (χ0n) is 44.1. The Bertz CT molecular complexity index is 1490. The van der Waals surface area contributed by atoms with Gasteiger partial charge in [0.15, 0.2) is 0 Å². The van der Waals surface area contributed by atoms with Gasteiger partial charge in [-0.05, 0) is 269 Å². The first-order chi connectivity index (χ1) is 32.2. The first-order valence-electron chi connectivity index (χ1n) is 31.6. The van der Waals surface area contributed by atoms with Crippen LogP contribution in [-0.2, 0) is 0 Å². The zero-order chi connectivity index (χ0) is 44.6. The minimum atomic E-state index is 0.554. The van der Waals surface area contributed by atoms with E-state index in [0.29, 0.717) is 10.8 Å². The van der Waals surface area contributed by atoms with Gasteiger partial charge in [-0.1, -0.05) is 142 Å². The molecule has 0 heterocycles. The van der Waals surface area contributed by atoms with Crippen molar-refractivity contribution in [2.45, 2.75) is 246 Å². The highest BCUT2D eigenvalue weighted by Gasteiger charge is 2.64. The van der Waals surface area contributed by atoms with Crippen LogP contribution in [0.15, 0.2) is 24.3 Å². The lowest BCUT2D eigenvalue weighted by atomic mass is 9.38. The molecular weight excluding hydrogens is 793 g/mol. The molecule has 0 saturated heterocycles. The summed E-state index contributed by atoms with van der Waals surface area (Å²) in [6, 6.07) is 0. The van der Waals surface area contributed by atoms with Crippen LogP contribution in [-0.4, -0.2) is 0 Å². The number of hydrogen-bond acceptors (Lipinski definition) is 0. The van der Waals surface area contributed by atoms with Crippen molar-refractivity contribution in [1.82, 2.24) is 0 Å². The molecule has 0 nitrogen and oxygen atoms in total. The van der Waals surface area contributed by atoms with E-state index in [4.69, 9.17) is 0 Å². The Morgan fingerprint density at radius 2 is 0.515 bits per heavy atom. The van der Waals surface area contributed by atoms with Crippen molar-refractivity contribution < 1.29 is 0 Å². The van der Waals surface area contributed by atoms with E-state index in [9.17, 15) is 0 Å². The molecule has 370 valence electrons. The van der Waals surface area contributed by atoms with Crippen LogP contribution in [0.3, 0.4) is 0 Å². The predicted molar refractivity (Wildman–Crippen MR) is 280 cm³/mol. The number of rotatable bonds is 7. The largest absolute Gasteiger partial charge is 0.0851 e. The molecule has 0 aliphatic heterocycles. The average molecular weight is 900 g/mol. The Hall–Kier alpha value is -0.520. The molecule has 0 radical (unpaired) electrons. The lowest BCUT2D eigenvalue weighted by molar-refractivity contribution is -0.182. The van der Waals surface area contributed by atoms with Crippen molar-refractivity contribution in [3.8, 4) is 0 Å². The maximum Gasteiger partial charge on any atom is -0.0228 e. The van der Waals surface area contributed by atoms with Crippen LogP contribution in [0.5, 0.6) is 0 Å². The molecule has 66 heavy (non-hydrogen) atoms. The maximum absolute atomic E-state index is 2.90. The topological polar surface area (TPSA) is 0 Å². The molecule has 0 aromatic rings. The summed E-state index contributed by atoms with van der Waals surface area (Å²) < 4.78 is 0. The monoisotopic (exact) mass is 899 g/mol. The summed E-state index contributed by atoms with van der Waals surface area (Å²) in [7, 11) is 0. The van der Waals surface area contributed by atoms with E-state index in [1.807, 2.05) is 0 Å². The second-order valence-electron chi connectivity index (χ2n) is 29.7. The fraction of sp³-hybridized carbons (Fsp3) is 0.939. The van der Waals surface area contributed by atoms with Crippen molar-refractivity contribution in [3.63, 3.8) is 0 Å². The average Bonchev–Trinajstić information content (AvgIpc) is 3.84. The van der Waals surface area contributed by atoms with Gasteiger partial charge in [0, 0.05) is 0 Å². The molecule has 0 heteroatoms. The molecule has 0 aromatic heterocycles. The first kappa shape index (κ1) is 46.5. The summed E-state index contributed by atoms with van der Waals surface area (Å²) in [5.74, 6) is 22.5. The smallest absolute Gasteiger partial charge is 0.0228 e. The van der Waals surface area contributed by atoms with Crippen molar-refractivity contribution in [3.05, 3.63) is 24.3 Å². The van der Waals surface area contributed by atoms with Crippen LogP contribution in [0.1, 0.15) is 246 Å². The molecule has 0 aromatic carbocycles. The van der Waals surface area contributed by atoms with Crippen LogP contribution in [0.4, 0.5) is 0 Å². The number of hydrogen-bond donors (Lipinski definition) is 0. The molecule has 0 bridgehead atoms. The van der Waals surface area contributed by atoms with Gasteiger partial charge in [-0.2, -0.15) is 0 Å². The Morgan fingerprint density at radius 3 is 0.833 bits per heavy atom. The third-order valence-electron chi connectivity index (χ3n) is 26.1. The van der Waals surface area contributed by atoms with E-state index >= 15 is 0 Å². The summed E-state index contributed by atoms with van der Waals surface area (Å²) in [5.41, 5.74) is 1.11. The first-order valence-corrected chi connectivity index (χ1v) is 31.6. The zero-order valence-corrected chi connectivity index (χ0v) is 44.1. The summed E-state index contributed by atoms with van der Waals surface area (Å²) >= 11 is 0. The van der Waals surface area contributed by atoms with E-state index in [1.165, 1.54) is 89.9 Å². The molecule has 0 spiro atoms. The Labute approximate surface area is 409 Å². The van der Waals surface area contributed by atoms with Crippen LogP contribution in [0, 0.1) is 141 Å². The third-order valence-corrected chi connectivity index (χ3v) is 26.1. The van der Waals surface area contributed by atoms with Gasteiger partial charge in [0.05, 0.1) is 0 Å². The summed E-state index contributed by atoms with van der Waals surface area (Å²) in [6.45, 7) is 10.9. The van der Waals surface area contributed by atoms with Crippen LogP contribution in [0.2, 0.25) is 0 Å². The predicted octanol–water partition coefficient (Wildman–Crippen LogP) is 19.1. The maximum atomic E-state index is 2.90. The lowest BCUT2D eigenvalue weighted by Crippen LogP contribution is -2.60. The summed E-state index contributed by atoms with van der Waals surface area (Å²) in [6.07, 6.45) is 64.3. The fourth-order valence-corrected chi connectivity index (χ4v) is 23.7. The molecule has 12 rings (SSSR count). The molecule has 12 aliphatic carbocycles. The van der Waals surface area contributed by atoms with Gasteiger partial charge >= 0.3 is 0 Å². The molecule has 0 N–H and O–H groups in total. The fourth-order valence-electron chi connectivity index (χ4n) is 23.7. The van der Waals surface area contributed by atoms with Crippen molar-refractivity contribution in [1.29, 1.82) is 0 Å². The SMILES string of the molecule is CC1(C)CCC2C(C3C4CCCCC4C(C4C5CCCCC5C(C5CC(C=CC6CCCCC6)CC6C5CCC6(C)C)C5CCCCC54)C4CCCCC43)CC(C=CC3CCCCC3)CC21. The summed E-state index contributed by atoms with van der Waals surface area (Å²) in [5, 5.41) is 0. The van der Waals surface area contributed by atoms with Gasteiger partial charge in [0.25, 0.3) is 0 Å². The Balaban J connectivity index is 0.877. The van der Waals surface area contributed by atoms with Crippen LogP contribution >= 0.6 is 0 Å². The second kappa shape index (κ2) is 19.5. The highest BCUT2D eigenvalue weighted by atomic mass is 14.7. The molecule has 12 saturated carbocycles. The van der Waals surface area contributed by atoms with Gasteiger partial charge < -0.3 is 0 Å². The van der Waals surface area contributed by atoms with Crippen LogP contribution in [0.25, 0.3) is 0 Å². The Morgan fingerprint density at radius 1 is 0.242 bits per heavy atom. The van der Waals surface area contributed by atoms with Gasteiger partial charge in [-0.25, -0.2) is 0 Å². The third kappa shape index (κ3) is 8.63. The van der Waals surface area contributed by atoms with E-state index < -0.39 is 0 Å². The molecule has 12 aliphatic rings. The minimum Gasteiger partial charge on any atom is -0.0851 e. The molecular formula is C66H106. The van der Waals surface area contributed by atoms with E-state index in [1.54, 1.807) is 128 Å². The van der Waals surface area contributed by atoms with Gasteiger partial charge in [-0.3, -0.25) is 0 Å². The van der Waals surface area contributed by atoms with E-state index in [-0.39, 0.29) is 0 Å². The normalized spacial score (nSPS) is 50.8. The molecule has 16 unspecified atom stereocenters. The molecule has 16 atom stereocenters. The van der Waals surface area contributed by atoms with Crippen molar-refractivity contribution >= 4 is 0 Å². The Kier molecular flexibility index (Phi) is 13.7. The quantitative estimate of drug-likeness (QED) is 0.223. The van der Waals surface area contributed by atoms with E-state index in [0.717, 1.165) is 130 Å². The van der Waals surface area contributed by atoms with Crippen molar-refractivity contribution in [2.24, 2.45) is 141 Å².